The van der Waals surface area contributed by atoms with Crippen molar-refractivity contribution in [1.29, 1.82) is 0 Å². The summed E-state index contributed by atoms with van der Waals surface area (Å²) in [7, 11) is -3.67. The Morgan fingerprint density at radius 3 is 2.62 bits per heavy atom. The summed E-state index contributed by atoms with van der Waals surface area (Å²) in [5, 5.41) is 3.59. The van der Waals surface area contributed by atoms with E-state index in [4.69, 9.17) is 23.2 Å². The summed E-state index contributed by atoms with van der Waals surface area (Å²) >= 11 is 12.1. The van der Waals surface area contributed by atoms with Crippen LogP contribution in [0.25, 0.3) is 0 Å². The second-order valence-electron chi connectivity index (χ2n) is 6.71. The predicted molar refractivity (Wildman–Crippen MR) is 96.0 cm³/mol. The molecular weight excluding hydrogens is 371 g/mol. The second kappa shape index (κ2) is 6.73. The number of hydrogen-bond donors (Lipinski definition) is 1. The van der Waals surface area contributed by atoms with Gasteiger partial charge >= 0.3 is 0 Å². The molecular formula is C16H20Cl2N2O3S. The van der Waals surface area contributed by atoms with Gasteiger partial charge < -0.3 is 5.32 Å². The van der Waals surface area contributed by atoms with Crippen LogP contribution in [0.3, 0.4) is 0 Å². The summed E-state index contributed by atoms with van der Waals surface area (Å²) in [5.41, 5.74) is 0.217. The van der Waals surface area contributed by atoms with Gasteiger partial charge in [-0.05, 0) is 49.3 Å². The highest BCUT2D eigenvalue weighted by Crippen LogP contribution is 2.44. The molecule has 132 valence electrons. The molecule has 0 spiro atoms. The van der Waals surface area contributed by atoms with Crippen LogP contribution >= 0.6 is 23.2 Å². The van der Waals surface area contributed by atoms with Crippen molar-refractivity contribution in [2.75, 3.05) is 17.1 Å². The first-order chi connectivity index (χ1) is 11.2. The molecule has 8 heteroatoms. The van der Waals surface area contributed by atoms with Gasteiger partial charge in [-0.15, -0.1) is 0 Å². The highest BCUT2D eigenvalue weighted by Gasteiger charge is 2.40. The second-order valence-corrected chi connectivity index (χ2v) is 9.46. The van der Waals surface area contributed by atoms with Crippen molar-refractivity contribution >= 4 is 44.8 Å². The molecule has 1 amide bonds. The van der Waals surface area contributed by atoms with Crippen LogP contribution in [0.15, 0.2) is 18.2 Å². The van der Waals surface area contributed by atoms with Crippen LogP contribution in [0.2, 0.25) is 10.0 Å². The zero-order chi connectivity index (χ0) is 17.5. The number of nitrogens with one attached hydrogen (secondary N) is 1. The lowest BCUT2D eigenvalue weighted by atomic mass is 9.95. The lowest BCUT2D eigenvalue weighted by Crippen LogP contribution is -2.45. The molecule has 1 aromatic rings. The molecule has 0 unspecified atom stereocenters. The average Bonchev–Trinajstić information content (AvgIpc) is 3.09. The van der Waals surface area contributed by atoms with Gasteiger partial charge in [0.15, 0.2) is 0 Å². The lowest BCUT2D eigenvalue weighted by Gasteiger charge is -2.26. The zero-order valence-electron chi connectivity index (χ0n) is 13.3. The Hall–Kier alpha value is -0.980. The van der Waals surface area contributed by atoms with Crippen LogP contribution in [0.1, 0.15) is 25.7 Å². The minimum Gasteiger partial charge on any atom is -0.352 e. The van der Waals surface area contributed by atoms with Crippen LogP contribution in [0.5, 0.6) is 0 Å². The van der Waals surface area contributed by atoms with Gasteiger partial charge in [0.05, 0.1) is 17.0 Å². The van der Waals surface area contributed by atoms with Crippen LogP contribution in [0, 0.1) is 11.8 Å². The number of rotatable bonds is 5. The number of fused-ring (bicyclic) bond motifs is 2. The summed E-state index contributed by atoms with van der Waals surface area (Å²) in [5.74, 6) is 0.920. The number of anilines is 1. The fourth-order valence-electron chi connectivity index (χ4n) is 3.86. The number of amides is 1. The van der Waals surface area contributed by atoms with Gasteiger partial charge in [-0.1, -0.05) is 29.6 Å². The van der Waals surface area contributed by atoms with Gasteiger partial charge in [0.1, 0.15) is 6.54 Å². The standard InChI is InChI=1S/C16H20Cl2N2O3S/c1-24(22,23)20(15-8-12(17)4-5-13(15)18)9-16(21)19-14-7-10-2-3-11(14)6-10/h4-5,8,10-11,14H,2-3,6-7,9H2,1H3,(H,19,21)/t10-,11-,14-/m0/s1. The number of carbonyl (C=O) groups is 1. The summed E-state index contributed by atoms with van der Waals surface area (Å²) in [6.45, 7) is -0.299. The van der Waals surface area contributed by atoms with Crippen LogP contribution in [-0.4, -0.2) is 33.2 Å². The monoisotopic (exact) mass is 390 g/mol. The van der Waals surface area contributed by atoms with Gasteiger partial charge in [0.2, 0.25) is 15.9 Å². The SMILES string of the molecule is CS(=O)(=O)N(CC(=O)N[C@H]1C[C@H]2CC[C@H]1C2)c1cc(Cl)ccc1Cl. The van der Waals surface area contributed by atoms with Gasteiger partial charge in [-0.25, -0.2) is 8.42 Å². The smallest absolute Gasteiger partial charge is 0.241 e. The quantitative estimate of drug-likeness (QED) is 0.839. The predicted octanol–water partition coefficient (Wildman–Crippen LogP) is 3.06. The molecule has 5 nitrogen and oxygen atoms in total. The van der Waals surface area contributed by atoms with Gasteiger partial charge in [-0.2, -0.15) is 0 Å². The normalized spacial score (nSPS) is 25.7. The van der Waals surface area contributed by atoms with Crippen molar-refractivity contribution in [3.63, 3.8) is 0 Å². The average molecular weight is 391 g/mol. The molecule has 2 aliphatic rings. The van der Waals surface area contributed by atoms with E-state index in [1.165, 1.54) is 25.0 Å². The van der Waals surface area contributed by atoms with E-state index in [1.807, 2.05) is 0 Å². The third-order valence-corrected chi connectivity index (χ3v) is 6.63. The van der Waals surface area contributed by atoms with E-state index in [2.05, 4.69) is 5.32 Å². The zero-order valence-corrected chi connectivity index (χ0v) is 15.7. The van der Waals surface area contributed by atoms with Crippen molar-refractivity contribution in [3.05, 3.63) is 28.2 Å². The molecule has 2 aliphatic carbocycles. The van der Waals surface area contributed by atoms with Crippen molar-refractivity contribution < 1.29 is 13.2 Å². The Morgan fingerprint density at radius 2 is 2.04 bits per heavy atom. The maximum Gasteiger partial charge on any atom is 0.241 e. The van der Waals surface area contributed by atoms with E-state index in [0.29, 0.717) is 16.9 Å². The Labute approximate surface area is 152 Å². The molecule has 0 aromatic heterocycles. The molecule has 1 N–H and O–H groups in total. The van der Waals surface area contributed by atoms with Gasteiger partial charge in [0, 0.05) is 11.1 Å². The van der Waals surface area contributed by atoms with Gasteiger partial charge in [-0.3, -0.25) is 9.10 Å². The molecule has 0 radical (unpaired) electrons. The van der Waals surface area contributed by atoms with E-state index in [9.17, 15) is 13.2 Å². The molecule has 0 heterocycles. The number of benzene rings is 1. The maximum absolute atomic E-state index is 12.4. The topological polar surface area (TPSA) is 66.5 Å². The Kier molecular flexibility index (Phi) is 5.00. The van der Waals surface area contributed by atoms with Crippen LogP contribution in [-0.2, 0) is 14.8 Å². The molecule has 2 fully saturated rings. The molecule has 3 rings (SSSR count). The summed E-state index contributed by atoms with van der Waals surface area (Å²) < 4.78 is 25.3. The molecule has 0 aliphatic heterocycles. The van der Waals surface area contributed by atoms with E-state index < -0.39 is 10.0 Å². The van der Waals surface area contributed by atoms with Crippen LogP contribution in [0.4, 0.5) is 5.69 Å². The van der Waals surface area contributed by atoms with Crippen LogP contribution < -0.4 is 9.62 Å². The van der Waals surface area contributed by atoms with E-state index in [1.54, 1.807) is 6.07 Å². The highest BCUT2D eigenvalue weighted by molar-refractivity contribution is 7.92. The first-order valence-electron chi connectivity index (χ1n) is 7.96. The molecule has 2 bridgehead atoms. The van der Waals surface area contributed by atoms with Crippen molar-refractivity contribution in [1.82, 2.24) is 5.32 Å². The largest absolute Gasteiger partial charge is 0.352 e. The number of halogens is 2. The fraction of sp³-hybridized carbons (Fsp3) is 0.562. The van der Waals surface area contributed by atoms with Crippen molar-refractivity contribution in [2.45, 2.75) is 31.7 Å². The summed E-state index contributed by atoms with van der Waals surface area (Å²) in [6, 6.07) is 4.71. The Morgan fingerprint density at radius 1 is 1.29 bits per heavy atom. The molecule has 1 aromatic carbocycles. The number of sulfonamides is 1. The first-order valence-corrected chi connectivity index (χ1v) is 10.6. The van der Waals surface area contributed by atoms with E-state index in [-0.39, 0.29) is 29.2 Å². The maximum atomic E-state index is 12.4. The number of carbonyl (C=O) groups excluding carboxylic acids is 1. The minimum atomic E-state index is -3.67. The van der Waals surface area contributed by atoms with Crippen molar-refractivity contribution in [2.24, 2.45) is 11.8 Å². The molecule has 2 saturated carbocycles. The Balaban J connectivity index is 1.75. The minimum absolute atomic E-state index is 0.160. The third kappa shape index (κ3) is 3.81. The van der Waals surface area contributed by atoms with E-state index >= 15 is 0 Å². The molecule has 24 heavy (non-hydrogen) atoms. The summed E-state index contributed by atoms with van der Waals surface area (Å²) in [4.78, 5) is 12.4. The number of hydrogen-bond acceptors (Lipinski definition) is 3. The van der Waals surface area contributed by atoms with E-state index in [0.717, 1.165) is 23.4 Å². The first kappa shape index (κ1) is 17.8. The highest BCUT2D eigenvalue weighted by atomic mass is 35.5. The third-order valence-electron chi connectivity index (χ3n) is 4.95. The Bertz CT molecular complexity index is 754. The molecule has 3 atom stereocenters. The number of nitrogens with zero attached hydrogens (tertiary/aromatic N) is 1. The van der Waals surface area contributed by atoms with Crippen molar-refractivity contribution in [3.8, 4) is 0 Å². The summed E-state index contributed by atoms with van der Waals surface area (Å²) in [6.07, 6.45) is 5.60. The van der Waals surface area contributed by atoms with Gasteiger partial charge in [0.25, 0.3) is 0 Å². The lowest BCUT2D eigenvalue weighted by molar-refractivity contribution is -0.120. The fourth-order valence-corrected chi connectivity index (χ4v) is 5.16. The molecule has 0 saturated heterocycles.